The van der Waals surface area contributed by atoms with Crippen molar-refractivity contribution in [1.82, 2.24) is 5.32 Å². The fourth-order valence-corrected chi connectivity index (χ4v) is 1.31. The number of nitro benzene ring substituents is 1. The molecule has 1 aromatic carbocycles. The van der Waals surface area contributed by atoms with E-state index in [0.29, 0.717) is 18.8 Å². The molecule has 7 heteroatoms. The van der Waals surface area contributed by atoms with Crippen molar-refractivity contribution in [3.63, 3.8) is 0 Å². The Kier molecular flexibility index (Phi) is 3.20. The molecule has 7 nitrogen and oxygen atoms in total. The first-order valence-corrected chi connectivity index (χ1v) is 5.08. The second-order valence-electron chi connectivity index (χ2n) is 3.61. The lowest BCUT2D eigenvalue weighted by atomic mass is 10.2. The van der Waals surface area contributed by atoms with Crippen LogP contribution in [0.4, 0.5) is 16.2 Å². The van der Waals surface area contributed by atoms with Gasteiger partial charge in [0.25, 0.3) is 5.69 Å². The molecule has 2 rings (SSSR count). The number of rotatable bonds is 3. The maximum absolute atomic E-state index is 11.3. The van der Waals surface area contributed by atoms with Gasteiger partial charge < -0.3 is 10.1 Å². The number of nitro groups is 1. The van der Waals surface area contributed by atoms with Crippen molar-refractivity contribution in [2.75, 3.05) is 18.4 Å². The van der Waals surface area contributed by atoms with E-state index in [0.717, 1.165) is 0 Å². The summed E-state index contributed by atoms with van der Waals surface area (Å²) in [6.45, 7) is 1.32. The van der Waals surface area contributed by atoms with Gasteiger partial charge in [-0.2, -0.15) is 0 Å². The Hall–Kier alpha value is -2.15. The third-order valence-corrected chi connectivity index (χ3v) is 2.34. The molecule has 1 aliphatic heterocycles. The van der Waals surface area contributed by atoms with Crippen molar-refractivity contribution in [1.29, 1.82) is 0 Å². The van der Waals surface area contributed by atoms with Crippen molar-refractivity contribution >= 4 is 17.5 Å². The van der Waals surface area contributed by atoms with Gasteiger partial charge in [-0.3, -0.25) is 15.4 Å². The summed E-state index contributed by atoms with van der Waals surface area (Å²) in [7, 11) is 0. The molecule has 1 fully saturated rings. The maximum Gasteiger partial charge on any atom is 0.411 e. The van der Waals surface area contributed by atoms with Crippen LogP contribution in [-0.2, 0) is 4.74 Å². The first-order chi connectivity index (χ1) is 8.15. The SMILES string of the molecule is O=C(Nc1ccc([N+](=O)[O-])cc1)OC1CNC1. The Bertz CT molecular complexity index is 428. The van der Waals surface area contributed by atoms with Crippen LogP contribution in [0, 0.1) is 10.1 Å². The van der Waals surface area contributed by atoms with Gasteiger partial charge in [-0.15, -0.1) is 0 Å². The van der Waals surface area contributed by atoms with Crippen LogP contribution in [-0.4, -0.2) is 30.2 Å². The molecule has 0 aromatic heterocycles. The molecular formula is C10H11N3O4. The summed E-state index contributed by atoms with van der Waals surface area (Å²) in [5.41, 5.74) is 0.444. The van der Waals surface area contributed by atoms with Crippen LogP contribution < -0.4 is 10.6 Å². The third-order valence-electron chi connectivity index (χ3n) is 2.34. The fraction of sp³-hybridized carbons (Fsp3) is 0.300. The molecule has 0 radical (unpaired) electrons. The molecule has 0 atom stereocenters. The number of anilines is 1. The van der Waals surface area contributed by atoms with Gasteiger partial charge in [-0.1, -0.05) is 0 Å². The summed E-state index contributed by atoms with van der Waals surface area (Å²) >= 11 is 0. The topological polar surface area (TPSA) is 93.5 Å². The number of non-ortho nitro benzene ring substituents is 1. The Labute approximate surface area is 96.9 Å². The van der Waals surface area contributed by atoms with Gasteiger partial charge in [0.05, 0.1) is 4.92 Å². The molecule has 17 heavy (non-hydrogen) atoms. The molecular weight excluding hydrogens is 226 g/mol. The highest BCUT2D eigenvalue weighted by Gasteiger charge is 2.20. The highest BCUT2D eigenvalue weighted by molar-refractivity contribution is 5.84. The Morgan fingerprint density at radius 1 is 1.41 bits per heavy atom. The van der Waals surface area contributed by atoms with Crippen LogP contribution in [0.25, 0.3) is 0 Å². The number of carbonyl (C=O) groups is 1. The van der Waals surface area contributed by atoms with Crippen LogP contribution in [0.3, 0.4) is 0 Å². The monoisotopic (exact) mass is 237 g/mol. The number of nitrogens with zero attached hydrogens (tertiary/aromatic N) is 1. The van der Waals surface area contributed by atoms with Crippen LogP contribution >= 0.6 is 0 Å². The summed E-state index contributed by atoms with van der Waals surface area (Å²) in [5, 5.41) is 15.9. The van der Waals surface area contributed by atoms with E-state index < -0.39 is 11.0 Å². The van der Waals surface area contributed by atoms with Crippen molar-refractivity contribution in [3.8, 4) is 0 Å². The second-order valence-corrected chi connectivity index (χ2v) is 3.61. The molecule has 0 saturated carbocycles. The highest BCUT2D eigenvalue weighted by atomic mass is 16.6. The van der Waals surface area contributed by atoms with Gasteiger partial charge in [-0.05, 0) is 12.1 Å². The van der Waals surface area contributed by atoms with Gasteiger partial charge in [-0.25, -0.2) is 4.79 Å². The molecule has 1 amide bonds. The quantitative estimate of drug-likeness (QED) is 0.606. The zero-order valence-corrected chi connectivity index (χ0v) is 8.88. The van der Waals surface area contributed by atoms with E-state index >= 15 is 0 Å². The average Bonchev–Trinajstić information content (AvgIpc) is 2.24. The number of hydrogen-bond donors (Lipinski definition) is 2. The Morgan fingerprint density at radius 2 is 2.06 bits per heavy atom. The van der Waals surface area contributed by atoms with Gasteiger partial charge in [0, 0.05) is 30.9 Å². The first kappa shape index (κ1) is 11.3. The Morgan fingerprint density at radius 3 is 2.53 bits per heavy atom. The fourth-order valence-electron chi connectivity index (χ4n) is 1.31. The summed E-state index contributed by atoms with van der Waals surface area (Å²) in [4.78, 5) is 21.3. The summed E-state index contributed by atoms with van der Waals surface area (Å²) in [6.07, 6.45) is -0.640. The zero-order valence-electron chi connectivity index (χ0n) is 8.88. The van der Waals surface area contributed by atoms with Crippen molar-refractivity contribution in [2.45, 2.75) is 6.10 Å². The summed E-state index contributed by atoms with van der Waals surface area (Å²) < 4.78 is 5.02. The van der Waals surface area contributed by atoms with E-state index in [4.69, 9.17) is 4.74 Å². The minimum absolute atomic E-state index is 0.0212. The van der Waals surface area contributed by atoms with E-state index in [9.17, 15) is 14.9 Å². The van der Waals surface area contributed by atoms with Crippen molar-refractivity contribution in [3.05, 3.63) is 34.4 Å². The molecule has 90 valence electrons. The van der Waals surface area contributed by atoms with Crippen molar-refractivity contribution < 1.29 is 14.5 Å². The lowest BCUT2D eigenvalue weighted by Gasteiger charge is -2.26. The largest absolute Gasteiger partial charge is 0.443 e. The number of benzene rings is 1. The zero-order chi connectivity index (χ0) is 12.3. The van der Waals surface area contributed by atoms with E-state index in [1.165, 1.54) is 24.3 Å². The number of amides is 1. The highest BCUT2D eigenvalue weighted by Crippen LogP contribution is 2.15. The van der Waals surface area contributed by atoms with Crippen molar-refractivity contribution in [2.24, 2.45) is 0 Å². The summed E-state index contributed by atoms with van der Waals surface area (Å²) in [5.74, 6) is 0. The molecule has 0 aliphatic carbocycles. The lowest BCUT2D eigenvalue weighted by molar-refractivity contribution is -0.384. The molecule has 0 bridgehead atoms. The van der Waals surface area contributed by atoms with Crippen LogP contribution in [0.2, 0.25) is 0 Å². The van der Waals surface area contributed by atoms with E-state index in [-0.39, 0.29) is 11.8 Å². The molecule has 1 heterocycles. The normalized spacial score (nSPS) is 14.8. The van der Waals surface area contributed by atoms with Crippen LogP contribution in [0.1, 0.15) is 0 Å². The van der Waals surface area contributed by atoms with Crippen LogP contribution in [0.5, 0.6) is 0 Å². The van der Waals surface area contributed by atoms with Gasteiger partial charge >= 0.3 is 6.09 Å². The first-order valence-electron chi connectivity index (χ1n) is 5.08. The molecule has 1 saturated heterocycles. The smallest absolute Gasteiger partial charge is 0.411 e. The molecule has 1 aromatic rings. The minimum atomic E-state index is -0.551. The minimum Gasteiger partial charge on any atom is -0.443 e. The van der Waals surface area contributed by atoms with Gasteiger partial charge in [0.2, 0.25) is 0 Å². The van der Waals surface area contributed by atoms with Gasteiger partial charge in [0.1, 0.15) is 6.10 Å². The number of ether oxygens (including phenoxy) is 1. The molecule has 0 unspecified atom stereocenters. The predicted molar refractivity (Wildman–Crippen MR) is 59.9 cm³/mol. The molecule has 2 N–H and O–H groups in total. The van der Waals surface area contributed by atoms with E-state index in [1.807, 2.05) is 0 Å². The van der Waals surface area contributed by atoms with E-state index in [2.05, 4.69) is 10.6 Å². The standard InChI is InChI=1S/C10H11N3O4/c14-10(17-9-5-11-6-9)12-7-1-3-8(4-2-7)13(15)16/h1-4,9,11H,5-6H2,(H,12,14). The average molecular weight is 237 g/mol. The maximum atomic E-state index is 11.3. The third kappa shape index (κ3) is 2.91. The van der Waals surface area contributed by atoms with Gasteiger partial charge in [0.15, 0.2) is 0 Å². The molecule has 1 aliphatic rings. The van der Waals surface area contributed by atoms with E-state index in [1.54, 1.807) is 0 Å². The molecule has 0 spiro atoms. The Balaban J connectivity index is 1.89. The second kappa shape index (κ2) is 4.79. The van der Waals surface area contributed by atoms with Crippen LogP contribution in [0.15, 0.2) is 24.3 Å². The lowest BCUT2D eigenvalue weighted by Crippen LogP contribution is -2.49. The number of hydrogen-bond acceptors (Lipinski definition) is 5. The predicted octanol–water partition coefficient (Wildman–Crippen LogP) is 1.12. The summed E-state index contributed by atoms with van der Waals surface area (Å²) in [6, 6.07) is 5.55. The number of carbonyl (C=O) groups excluding carboxylic acids is 1. The number of nitrogens with one attached hydrogen (secondary N) is 2.